The molecule has 22 heavy (non-hydrogen) atoms. The fourth-order valence-corrected chi connectivity index (χ4v) is 6.78. The van der Waals surface area contributed by atoms with Gasteiger partial charge in [-0.15, -0.1) is 0 Å². The summed E-state index contributed by atoms with van der Waals surface area (Å²) in [4.78, 5) is 13.5. The maximum atomic E-state index is 13.5. The predicted octanol–water partition coefficient (Wildman–Crippen LogP) is 3.30. The maximum absolute atomic E-state index is 13.5. The quantitative estimate of drug-likeness (QED) is 0.865. The topological polar surface area (TPSA) is 46.5 Å². The largest absolute Gasteiger partial charge is 0.496 e. The lowest BCUT2D eigenvalue weighted by Gasteiger charge is -2.38. The molecule has 1 aromatic carbocycles. The zero-order chi connectivity index (χ0) is 15.1. The molecule has 1 N–H and O–H groups in total. The smallest absolute Gasteiger partial charge is 0.176 e. The molecule has 5 rings (SSSR count). The van der Waals surface area contributed by atoms with E-state index < -0.39 is 11.0 Å². The van der Waals surface area contributed by atoms with Gasteiger partial charge in [0.2, 0.25) is 0 Å². The molecular formula is C19H22O3. The normalized spacial score (nSPS) is 44.6. The molecule has 1 spiro atoms. The molecule has 0 aromatic heterocycles. The van der Waals surface area contributed by atoms with Gasteiger partial charge < -0.3 is 9.84 Å². The molecule has 0 amide bonds. The summed E-state index contributed by atoms with van der Waals surface area (Å²) in [6.45, 7) is 0. The van der Waals surface area contributed by atoms with Crippen LogP contribution in [0, 0.1) is 23.2 Å². The molecule has 0 heterocycles. The predicted molar refractivity (Wildman–Crippen MR) is 81.8 cm³/mol. The van der Waals surface area contributed by atoms with Gasteiger partial charge in [0, 0.05) is 0 Å². The standard InChI is InChI=1S/C19H22O3/c1-22-15-9-3-7-14-16(15)17(20)18-10-4-8-12(18)11-5-2-6-13(11)19(14,18)21/h3,7,9,11-13,21H,2,4-6,8,10H2,1H3/t11-,12-,13-,18+,19+/m0/s1. The number of ketones is 1. The van der Waals surface area contributed by atoms with Crippen LogP contribution >= 0.6 is 0 Å². The third-order valence-electron chi connectivity index (χ3n) is 7.31. The molecule has 1 aromatic rings. The summed E-state index contributed by atoms with van der Waals surface area (Å²) in [6.07, 6.45) is 6.45. The molecule has 3 nitrogen and oxygen atoms in total. The van der Waals surface area contributed by atoms with E-state index >= 15 is 0 Å². The molecule has 116 valence electrons. The Morgan fingerprint density at radius 1 is 1.18 bits per heavy atom. The summed E-state index contributed by atoms with van der Waals surface area (Å²) in [5, 5.41) is 11.9. The van der Waals surface area contributed by atoms with Crippen LogP contribution in [-0.4, -0.2) is 18.0 Å². The highest BCUT2D eigenvalue weighted by molar-refractivity contribution is 6.09. The van der Waals surface area contributed by atoms with Crippen molar-refractivity contribution >= 4 is 5.78 Å². The highest BCUT2D eigenvalue weighted by Gasteiger charge is 2.77. The summed E-state index contributed by atoms with van der Waals surface area (Å²) in [5.74, 6) is 1.97. The van der Waals surface area contributed by atoms with Crippen LogP contribution in [0.4, 0.5) is 0 Å². The van der Waals surface area contributed by atoms with E-state index in [0.717, 1.165) is 31.2 Å². The van der Waals surface area contributed by atoms with Crippen molar-refractivity contribution in [1.29, 1.82) is 0 Å². The van der Waals surface area contributed by atoms with Crippen molar-refractivity contribution in [3.63, 3.8) is 0 Å². The van der Waals surface area contributed by atoms with Crippen LogP contribution in [0.15, 0.2) is 18.2 Å². The third-order valence-corrected chi connectivity index (χ3v) is 7.31. The van der Waals surface area contributed by atoms with Crippen molar-refractivity contribution in [2.75, 3.05) is 7.11 Å². The fraction of sp³-hybridized carbons (Fsp3) is 0.632. The van der Waals surface area contributed by atoms with Crippen LogP contribution in [0.5, 0.6) is 5.75 Å². The van der Waals surface area contributed by atoms with Gasteiger partial charge in [0.05, 0.1) is 18.1 Å². The Kier molecular flexibility index (Phi) is 2.35. The summed E-state index contributed by atoms with van der Waals surface area (Å²) in [5.41, 5.74) is 0.0265. The Labute approximate surface area is 130 Å². The van der Waals surface area contributed by atoms with Crippen molar-refractivity contribution in [3.05, 3.63) is 29.3 Å². The molecule has 3 saturated carbocycles. The fourth-order valence-electron chi connectivity index (χ4n) is 6.78. The lowest BCUT2D eigenvalue weighted by Crippen LogP contribution is -2.45. The first-order chi connectivity index (χ1) is 10.7. The van der Waals surface area contributed by atoms with Crippen molar-refractivity contribution in [2.45, 2.75) is 44.1 Å². The van der Waals surface area contributed by atoms with Gasteiger partial charge in [0.15, 0.2) is 5.78 Å². The van der Waals surface area contributed by atoms with Gasteiger partial charge in [-0.3, -0.25) is 4.79 Å². The molecule has 0 radical (unpaired) electrons. The van der Waals surface area contributed by atoms with E-state index in [2.05, 4.69) is 0 Å². The number of ether oxygens (including phenoxy) is 1. The summed E-state index contributed by atoms with van der Waals surface area (Å²) < 4.78 is 5.46. The molecule has 4 aliphatic carbocycles. The second-order valence-electron chi connectivity index (χ2n) is 7.65. The first-order valence-corrected chi connectivity index (χ1v) is 8.61. The first kappa shape index (κ1) is 13.1. The minimum absolute atomic E-state index is 0.166. The number of aliphatic hydroxyl groups is 1. The Balaban J connectivity index is 1.83. The van der Waals surface area contributed by atoms with Gasteiger partial charge in [-0.25, -0.2) is 0 Å². The van der Waals surface area contributed by atoms with Gasteiger partial charge >= 0.3 is 0 Å². The molecule has 4 aliphatic rings. The van der Waals surface area contributed by atoms with Crippen molar-refractivity contribution in [1.82, 2.24) is 0 Å². The van der Waals surface area contributed by atoms with Gasteiger partial charge in [-0.1, -0.05) is 25.0 Å². The molecule has 5 atom stereocenters. The molecule has 0 aliphatic heterocycles. The van der Waals surface area contributed by atoms with Crippen LogP contribution in [0.2, 0.25) is 0 Å². The number of hydrogen-bond acceptors (Lipinski definition) is 3. The number of carbonyl (C=O) groups excluding carboxylic acids is 1. The summed E-state index contributed by atoms with van der Waals surface area (Å²) in [6, 6.07) is 5.75. The number of carbonyl (C=O) groups is 1. The van der Waals surface area contributed by atoms with Crippen LogP contribution in [0.25, 0.3) is 0 Å². The average molecular weight is 298 g/mol. The zero-order valence-corrected chi connectivity index (χ0v) is 13.0. The van der Waals surface area contributed by atoms with E-state index in [1.54, 1.807) is 7.11 Å². The van der Waals surface area contributed by atoms with Crippen LogP contribution in [-0.2, 0) is 5.60 Å². The average Bonchev–Trinajstić information content (AvgIpc) is 3.24. The Bertz CT molecular complexity index is 681. The minimum atomic E-state index is -0.948. The number of methoxy groups -OCH3 is 1. The van der Waals surface area contributed by atoms with E-state index in [-0.39, 0.29) is 11.7 Å². The van der Waals surface area contributed by atoms with E-state index in [1.165, 1.54) is 12.8 Å². The van der Waals surface area contributed by atoms with Gasteiger partial charge in [0.1, 0.15) is 11.4 Å². The zero-order valence-electron chi connectivity index (χ0n) is 13.0. The monoisotopic (exact) mass is 298 g/mol. The third kappa shape index (κ3) is 1.10. The highest BCUT2D eigenvalue weighted by atomic mass is 16.5. The number of rotatable bonds is 1. The number of fused-ring (bicyclic) bond motifs is 5. The number of benzene rings is 1. The van der Waals surface area contributed by atoms with Gasteiger partial charge in [-0.05, 0) is 55.1 Å². The van der Waals surface area contributed by atoms with Crippen molar-refractivity contribution in [3.8, 4) is 5.75 Å². The second kappa shape index (κ2) is 3.94. The molecule has 0 bridgehead atoms. The van der Waals surface area contributed by atoms with E-state index in [9.17, 15) is 9.90 Å². The van der Waals surface area contributed by atoms with Crippen LogP contribution in [0.1, 0.15) is 54.4 Å². The highest BCUT2D eigenvalue weighted by Crippen LogP contribution is 2.75. The van der Waals surface area contributed by atoms with Crippen molar-refractivity contribution < 1.29 is 14.6 Å². The van der Waals surface area contributed by atoms with E-state index in [0.29, 0.717) is 23.1 Å². The van der Waals surface area contributed by atoms with Crippen LogP contribution in [0.3, 0.4) is 0 Å². The van der Waals surface area contributed by atoms with Crippen molar-refractivity contribution in [2.24, 2.45) is 23.2 Å². The molecule has 3 heteroatoms. The molecule has 0 saturated heterocycles. The van der Waals surface area contributed by atoms with Crippen LogP contribution < -0.4 is 4.74 Å². The SMILES string of the molecule is COc1cccc2c1C(=O)[C@@]13CCC[C@H]1[C@@H]1CCC[C@@H]1[C@@]23O. The number of hydrogen-bond donors (Lipinski definition) is 1. The maximum Gasteiger partial charge on any atom is 0.176 e. The minimum Gasteiger partial charge on any atom is -0.496 e. The first-order valence-electron chi connectivity index (χ1n) is 8.61. The Morgan fingerprint density at radius 2 is 2.00 bits per heavy atom. The molecular weight excluding hydrogens is 276 g/mol. The number of Topliss-reactive ketones (excluding diaryl/α,β-unsaturated/α-hetero) is 1. The molecule has 3 fully saturated rings. The van der Waals surface area contributed by atoms with E-state index in [4.69, 9.17) is 4.74 Å². The summed E-state index contributed by atoms with van der Waals surface area (Å²) in [7, 11) is 1.61. The van der Waals surface area contributed by atoms with Gasteiger partial charge in [-0.2, -0.15) is 0 Å². The Hall–Kier alpha value is -1.35. The lowest BCUT2D eigenvalue weighted by atomic mass is 9.68. The van der Waals surface area contributed by atoms with Gasteiger partial charge in [0.25, 0.3) is 0 Å². The summed E-state index contributed by atoms with van der Waals surface area (Å²) >= 11 is 0. The molecule has 0 unspecified atom stereocenters. The second-order valence-corrected chi connectivity index (χ2v) is 7.65. The van der Waals surface area contributed by atoms with E-state index in [1.807, 2.05) is 18.2 Å². The Morgan fingerprint density at radius 3 is 2.82 bits per heavy atom. The lowest BCUT2D eigenvalue weighted by molar-refractivity contribution is -0.0775.